The van der Waals surface area contributed by atoms with Crippen LogP contribution in [0, 0.1) is 17.0 Å². The van der Waals surface area contributed by atoms with Crippen molar-refractivity contribution in [2.24, 2.45) is 0 Å². The maximum atomic E-state index is 11.1. The normalized spacial score (nSPS) is 11.0. The Hall–Kier alpha value is -2.62. The van der Waals surface area contributed by atoms with Gasteiger partial charge >= 0.3 is 0 Å². The molecule has 0 spiro atoms. The standard InChI is InChI=1S/C19H20N2O2/c1-3-7-17-11-16-12-18(21(22)23)10-14(2)19(16)20(17)13-15-8-5-4-6-9-15/h4-6,8-12H,3,7,13H2,1-2H3. The Kier molecular flexibility index (Phi) is 4.15. The van der Waals surface area contributed by atoms with E-state index in [4.69, 9.17) is 0 Å². The first kappa shape index (κ1) is 15.3. The average molecular weight is 308 g/mol. The van der Waals surface area contributed by atoms with Crippen LogP contribution in [-0.4, -0.2) is 9.49 Å². The van der Waals surface area contributed by atoms with Crippen LogP contribution >= 0.6 is 0 Å². The average Bonchev–Trinajstić information content (AvgIpc) is 2.87. The number of hydrogen-bond acceptors (Lipinski definition) is 2. The van der Waals surface area contributed by atoms with Crippen LogP contribution in [-0.2, 0) is 13.0 Å². The second-order valence-electron chi connectivity index (χ2n) is 5.92. The van der Waals surface area contributed by atoms with Crippen molar-refractivity contribution in [2.45, 2.75) is 33.2 Å². The van der Waals surface area contributed by atoms with Crippen LogP contribution in [0.15, 0.2) is 48.5 Å². The number of nitro benzene ring substituents is 1. The molecule has 0 atom stereocenters. The van der Waals surface area contributed by atoms with E-state index in [1.54, 1.807) is 12.1 Å². The van der Waals surface area contributed by atoms with Gasteiger partial charge < -0.3 is 4.57 Å². The molecule has 0 saturated carbocycles. The molecule has 0 aliphatic heterocycles. The molecule has 3 aromatic rings. The Morgan fingerprint density at radius 1 is 1.13 bits per heavy atom. The molecule has 0 unspecified atom stereocenters. The van der Waals surface area contributed by atoms with Gasteiger partial charge in [0.25, 0.3) is 5.69 Å². The summed E-state index contributed by atoms with van der Waals surface area (Å²) in [6.45, 7) is 4.89. The first-order valence-corrected chi connectivity index (χ1v) is 7.91. The van der Waals surface area contributed by atoms with Crippen molar-refractivity contribution < 1.29 is 4.92 Å². The van der Waals surface area contributed by atoms with E-state index in [2.05, 4.69) is 29.7 Å². The van der Waals surface area contributed by atoms with E-state index in [-0.39, 0.29) is 10.6 Å². The van der Waals surface area contributed by atoms with Crippen molar-refractivity contribution in [1.29, 1.82) is 0 Å². The van der Waals surface area contributed by atoms with Gasteiger partial charge in [-0.15, -0.1) is 0 Å². The van der Waals surface area contributed by atoms with Crippen LogP contribution in [0.3, 0.4) is 0 Å². The third kappa shape index (κ3) is 2.97. The zero-order chi connectivity index (χ0) is 16.4. The van der Waals surface area contributed by atoms with Crippen LogP contribution in [0.2, 0.25) is 0 Å². The summed E-state index contributed by atoms with van der Waals surface area (Å²) in [7, 11) is 0. The number of rotatable bonds is 5. The minimum atomic E-state index is -0.319. The number of fused-ring (bicyclic) bond motifs is 1. The molecule has 0 amide bonds. The van der Waals surface area contributed by atoms with Gasteiger partial charge in [0.2, 0.25) is 0 Å². The number of hydrogen-bond donors (Lipinski definition) is 0. The van der Waals surface area contributed by atoms with Gasteiger partial charge in [-0.1, -0.05) is 43.7 Å². The Labute approximate surface area is 135 Å². The maximum absolute atomic E-state index is 11.1. The highest BCUT2D eigenvalue weighted by atomic mass is 16.6. The summed E-state index contributed by atoms with van der Waals surface area (Å²) in [5.41, 5.74) is 4.68. The molecular formula is C19H20N2O2. The molecule has 2 aromatic carbocycles. The van der Waals surface area contributed by atoms with E-state index < -0.39 is 0 Å². The van der Waals surface area contributed by atoms with Gasteiger partial charge in [-0.25, -0.2) is 0 Å². The van der Waals surface area contributed by atoms with Gasteiger partial charge in [-0.2, -0.15) is 0 Å². The lowest BCUT2D eigenvalue weighted by molar-refractivity contribution is -0.384. The fraction of sp³-hybridized carbons (Fsp3) is 0.263. The number of benzene rings is 2. The quantitative estimate of drug-likeness (QED) is 0.499. The smallest absolute Gasteiger partial charge is 0.270 e. The molecule has 4 nitrogen and oxygen atoms in total. The third-order valence-corrected chi connectivity index (χ3v) is 4.15. The maximum Gasteiger partial charge on any atom is 0.270 e. The van der Waals surface area contributed by atoms with Gasteiger partial charge in [-0.05, 0) is 30.5 Å². The molecule has 0 aliphatic rings. The highest BCUT2D eigenvalue weighted by molar-refractivity contribution is 5.87. The molecule has 0 N–H and O–H groups in total. The second-order valence-corrected chi connectivity index (χ2v) is 5.92. The summed E-state index contributed by atoms with van der Waals surface area (Å²) >= 11 is 0. The zero-order valence-corrected chi connectivity index (χ0v) is 13.5. The molecule has 118 valence electrons. The predicted molar refractivity (Wildman–Crippen MR) is 92.9 cm³/mol. The third-order valence-electron chi connectivity index (χ3n) is 4.15. The Bertz CT molecular complexity index is 851. The van der Waals surface area contributed by atoms with Crippen LogP contribution in [0.25, 0.3) is 10.9 Å². The monoisotopic (exact) mass is 308 g/mol. The van der Waals surface area contributed by atoms with Crippen molar-refractivity contribution in [3.8, 4) is 0 Å². The summed E-state index contributed by atoms with van der Waals surface area (Å²) < 4.78 is 2.30. The number of non-ortho nitro benzene ring substituents is 1. The van der Waals surface area contributed by atoms with E-state index >= 15 is 0 Å². The molecule has 0 fully saturated rings. The largest absolute Gasteiger partial charge is 0.340 e. The van der Waals surface area contributed by atoms with Crippen molar-refractivity contribution in [3.05, 3.63) is 75.5 Å². The number of aryl methyl sites for hydroxylation is 2. The molecule has 0 bridgehead atoms. The topological polar surface area (TPSA) is 48.1 Å². The molecule has 0 saturated heterocycles. The summed E-state index contributed by atoms with van der Waals surface area (Å²) in [6, 6.07) is 15.8. The minimum absolute atomic E-state index is 0.162. The first-order valence-electron chi connectivity index (χ1n) is 7.91. The van der Waals surface area contributed by atoms with Gasteiger partial charge in [-0.3, -0.25) is 10.1 Å². The van der Waals surface area contributed by atoms with Gasteiger partial charge in [0, 0.05) is 29.8 Å². The number of nitro groups is 1. The number of nitrogens with zero attached hydrogens (tertiary/aromatic N) is 2. The fourth-order valence-electron chi connectivity index (χ4n) is 3.18. The van der Waals surface area contributed by atoms with Crippen LogP contribution in [0.1, 0.15) is 30.2 Å². The van der Waals surface area contributed by atoms with E-state index in [0.717, 1.165) is 35.9 Å². The Balaban J connectivity index is 2.17. The summed E-state index contributed by atoms with van der Waals surface area (Å²) in [4.78, 5) is 10.8. The summed E-state index contributed by atoms with van der Waals surface area (Å²) in [5.74, 6) is 0. The fourth-order valence-corrected chi connectivity index (χ4v) is 3.18. The lowest BCUT2D eigenvalue weighted by Crippen LogP contribution is -2.05. The molecule has 0 aliphatic carbocycles. The van der Waals surface area contributed by atoms with Crippen molar-refractivity contribution >= 4 is 16.6 Å². The predicted octanol–water partition coefficient (Wildman–Crippen LogP) is 4.86. The van der Waals surface area contributed by atoms with E-state index in [1.807, 2.05) is 25.1 Å². The Morgan fingerprint density at radius 3 is 2.52 bits per heavy atom. The van der Waals surface area contributed by atoms with Crippen LogP contribution in [0.4, 0.5) is 5.69 Å². The van der Waals surface area contributed by atoms with E-state index in [9.17, 15) is 10.1 Å². The van der Waals surface area contributed by atoms with Gasteiger partial charge in [0.05, 0.1) is 10.4 Å². The lowest BCUT2D eigenvalue weighted by Gasteiger charge is -2.12. The lowest BCUT2D eigenvalue weighted by atomic mass is 10.1. The first-order chi connectivity index (χ1) is 11.1. The van der Waals surface area contributed by atoms with Gasteiger partial charge in [0.1, 0.15) is 0 Å². The van der Waals surface area contributed by atoms with Crippen molar-refractivity contribution in [2.75, 3.05) is 0 Å². The van der Waals surface area contributed by atoms with Crippen LogP contribution < -0.4 is 0 Å². The SMILES string of the molecule is CCCc1cc2cc([N+](=O)[O-])cc(C)c2n1Cc1ccccc1. The summed E-state index contributed by atoms with van der Waals surface area (Å²) in [5, 5.41) is 12.1. The zero-order valence-electron chi connectivity index (χ0n) is 13.5. The highest BCUT2D eigenvalue weighted by Crippen LogP contribution is 2.29. The molecule has 0 radical (unpaired) electrons. The number of aromatic nitrogens is 1. The molecule has 1 aromatic heterocycles. The second kappa shape index (κ2) is 6.24. The van der Waals surface area contributed by atoms with Crippen molar-refractivity contribution in [1.82, 2.24) is 4.57 Å². The molecule has 23 heavy (non-hydrogen) atoms. The Morgan fingerprint density at radius 2 is 1.87 bits per heavy atom. The molecular weight excluding hydrogens is 288 g/mol. The molecule has 1 heterocycles. The van der Waals surface area contributed by atoms with E-state index in [0.29, 0.717) is 0 Å². The minimum Gasteiger partial charge on any atom is -0.340 e. The summed E-state index contributed by atoms with van der Waals surface area (Å²) in [6.07, 6.45) is 2.01. The van der Waals surface area contributed by atoms with Crippen LogP contribution in [0.5, 0.6) is 0 Å². The molecule has 4 heteroatoms. The van der Waals surface area contributed by atoms with E-state index in [1.165, 1.54) is 11.3 Å². The highest BCUT2D eigenvalue weighted by Gasteiger charge is 2.15. The molecule has 3 rings (SSSR count). The van der Waals surface area contributed by atoms with Crippen molar-refractivity contribution in [3.63, 3.8) is 0 Å². The van der Waals surface area contributed by atoms with Gasteiger partial charge in [0.15, 0.2) is 0 Å².